The third-order valence-electron chi connectivity index (χ3n) is 7.05. The molecule has 0 N–H and O–H groups in total. The summed E-state index contributed by atoms with van der Waals surface area (Å²) in [5.74, 6) is 0. The molecule has 3 aromatic rings. The van der Waals surface area contributed by atoms with Gasteiger partial charge in [0.25, 0.3) is 6.01 Å². The van der Waals surface area contributed by atoms with E-state index in [2.05, 4.69) is 47.7 Å². The van der Waals surface area contributed by atoms with Crippen LogP contribution in [0.5, 0.6) is 6.01 Å². The molecule has 0 spiro atoms. The molecule has 0 radical (unpaired) electrons. The van der Waals surface area contributed by atoms with Gasteiger partial charge < -0.3 is 9.64 Å². The van der Waals surface area contributed by atoms with Gasteiger partial charge in [-0.15, -0.1) is 0 Å². The predicted octanol–water partition coefficient (Wildman–Crippen LogP) is 5.05. The van der Waals surface area contributed by atoms with Crippen molar-refractivity contribution < 1.29 is 9.13 Å². The molecule has 0 saturated carbocycles. The number of allylic oxidation sites excluding steroid dienone is 1. The Morgan fingerprint density at radius 3 is 2.73 bits per heavy atom. The molecule has 0 aliphatic carbocycles. The molecule has 5 rings (SSSR count). The number of piperidine rings is 2. The highest BCUT2D eigenvalue weighted by Gasteiger charge is 2.40. The summed E-state index contributed by atoms with van der Waals surface area (Å²) in [7, 11) is 0. The van der Waals surface area contributed by atoms with Gasteiger partial charge in [-0.3, -0.25) is 9.47 Å². The number of rotatable bonds is 7. The lowest BCUT2D eigenvalue weighted by Crippen LogP contribution is -2.47. The number of nitrogens with zero attached hydrogens (tertiary/aromatic N) is 5. The van der Waals surface area contributed by atoms with E-state index in [9.17, 15) is 0 Å². The smallest absolute Gasteiger partial charge is 0.298 e. The van der Waals surface area contributed by atoms with E-state index < -0.39 is 5.67 Å². The van der Waals surface area contributed by atoms with Gasteiger partial charge in [-0.1, -0.05) is 6.58 Å². The molecule has 0 unspecified atom stereocenters. The highest BCUT2D eigenvalue weighted by molar-refractivity contribution is 7.07. The Hall–Kier alpha value is -2.45. The maximum atomic E-state index is 15.9. The second-order valence-corrected chi connectivity index (χ2v) is 9.86. The molecule has 0 amide bonds. The van der Waals surface area contributed by atoms with E-state index in [1.807, 2.05) is 19.1 Å². The minimum Gasteiger partial charge on any atom is -0.465 e. The van der Waals surface area contributed by atoms with Gasteiger partial charge in [0.05, 0.1) is 6.61 Å². The predicted molar refractivity (Wildman–Crippen MR) is 130 cm³/mol. The summed E-state index contributed by atoms with van der Waals surface area (Å²) < 4.78 is 23.9. The highest BCUT2D eigenvalue weighted by atomic mass is 32.1. The number of halogens is 1. The molecule has 0 aromatic carbocycles. The van der Waals surface area contributed by atoms with Gasteiger partial charge in [-0.05, 0) is 67.1 Å². The summed E-state index contributed by atoms with van der Waals surface area (Å²) in [6.07, 6.45) is 4.61. The number of alkyl halides is 1. The maximum Gasteiger partial charge on any atom is 0.298 e. The van der Waals surface area contributed by atoms with Crippen LogP contribution in [0.25, 0.3) is 11.2 Å². The van der Waals surface area contributed by atoms with Crippen molar-refractivity contribution in [2.24, 2.45) is 0 Å². The van der Waals surface area contributed by atoms with Crippen LogP contribution in [0.2, 0.25) is 0 Å². The number of likely N-dealkylation sites (tertiary alicyclic amines) is 2. The topological polar surface area (TPSA) is 46.4 Å². The number of fused-ring (bicyclic) bond motifs is 1. The van der Waals surface area contributed by atoms with Crippen LogP contribution in [0.15, 0.2) is 47.4 Å². The van der Waals surface area contributed by atoms with Crippen molar-refractivity contribution >= 4 is 22.5 Å². The summed E-state index contributed by atoms with van der Waals surface area (Å²) in [5, 5.41) is 4.28. The Morgan fingerprint density at radius 2 is 2.03 bits per heavy atom. The first-order valence-corrected chi connectivity index (χ1v) is 12.8. The van der Waals surface area contributed by atoms with Crippen LogP contribution in [-0.4, -0.2) is 62.8 Å². The Bertz CT molecular complexity index is 1080. The molecule has 176 valence electrons. The largest absolute Gasteiger partial charge is 0.465 e. The minimum atomic E-state index is -1.31. The normalized spacial score (nSPS) is 19.8. The number of aromatic nitrogens is 3. The second kappa shape index (κ2) is 9.43. The maximum absolute atomic E-state index is 15.9. The molecule has 6 nitrogen and oxygen atoms in total. The molecule has 33 heavy (non-hydrogen) atoms. The van der Waals surface area contributed by atoms with Gasteiger partial charge in [0, 0.05) is 50.7 Å². The van der Waals surface area contributed by atoms with Gasteiger partial charge >= 0.3 is 0 Å². The van der Waals surface area contributed by atoms with Crippen LogP contribution in [0, 0.1) is 0 Å². The lowest BCUT2D eigenvalue weighted by atomic mass is 9.88. The summed E-state index contributed by atoms with van der Waals surface area (Å²) in [6.45, 7) is 10.8. The third kappa shape index (κ3) is 4.51. The summed E-state index contributed by atoms with van der Waals surface area (Å²) in [6, 6.07) is 6.88. The van der Waals surface area contributed by atoms with Gasteiger partial charge in [-0.25, -0.2) is 9.37 Å². The van der Waals surface area contributed by atoms with Gasteiger partial charge in [0.1, 0.15) is 5.52 Å². The number of ether oxygens (including phenoxy) is 1. The number of pyridine rings is 1. The average Bonchev–Trinajstić information content (AvgIpc) is 3.48. The molecule has 3 aromatic heterocycles. The number of imidazole rings is 1. The van der Waals surface area contributed by atoms with Crippen molar-refractivity contribution in [3.8, 4) is 6.01 Å². The minimum absolute atomic E-state index is 0.235. The van der Waals surface area contributed by atoms with E-state index in [0.29, 0.717) is 31.2 Å². The van der Waals surface area contributed by atoms with Crippen LogP contribution in [0.1, 0.15) is 44.2 Å². The zero-order valence-corrected chi connectivity index (χ0v) is 20.1. The number of thiophene rings is 1. The van der Waals surface area contributed by atoms with E-state index in [1.165, 1.54) is 5.56 Å². The van der Waals surface area contributed by atoms with E-state index >= 15 is 4.39 Å². The monoisotopic (exact) mass is 469 g/mol. The second-order valence-electron chi connectivity index (χ2n) is 9.08. The van der Waals surface area contributed by atoms with Crippen molar-refractivity contribution in [2.45, 2.75) is 50.9 Å². The van der Waals surface area contributed by atoms with Crippen molar-refractivity contribution in [3.63, 3.8) is 0 Å². The molecule has 2 fully saturated rings. The van der Waals surface area contributed by atoms with Gasteiger partial charge in [0.2, 0.25) is 0 Å². The Balaban J connectivity index is 1.21. The third-order valence-corrected chi connectivity index (χ3v) is 7.79. The van der Waals surface area contributed by atoms with Crippen molar-refractivity contribution in [3.05, 3.63) is 53.0 Å². The molecule has 8 heteroatoms. The summed E-state index contributed by atoms with van der Waals surface area (Å²) in [5.41, 5.74) is 2.38. The van der Waals surface area contributed by atoms with E-state index in [4.69, 9.17) is 4.74 Å². The van der Waals surface area contributed by atoms with Crippen molar-refractivity contribution in [1.29, 1.82) is 0 Å². The quantitative estimate of drug-likeness (QED) is 0.485. The van der Waals surface area contributed by atoms with Crippen LogP contribution in [0.3, 0.4) is 0 Å². The highest BCUT2D eigenvalue weighted by Crippen LogP contribution is 2.38. The van der Waals surface area contributed by atoms with E-state index in [-0.39, 0.29) is 6.04 Å². The fourth-order valence-electron chi connectivity index (χ4n) is 5.14. The fraction of sp³-hybridized carbons (Fsp3) is 0.520. The first kappa shape index (κ1) is 22.3. The molecule has 2 aliphatic heterocycles. The molecule has 5 heterocycles. The summed E-state index contributed by atoms with van der Waals surface area (Å²) in [4.78, 5) is 13.7. The molecule has 0 bridgehead atoms. The van der Waals surface area contributed by atoms with Gasteiger partial charge in [0.15, 0.2) is 11.3 Å². The number of hydrogen-bond acceptors (Lipinski definition) is 6. The Kier molecular flexibility index (Phi) is 6.38. The summed E-state index contributed by atoms with van der Waals surface area (Å²) >= 11 is 1.72. The zero-order chi connectivity index (χ0) is 22.8. The molecular weight excluding hydrogens is 437 g/mol. The average molecular weight is 470 g/mol. The standard InChI is InChI=1S/C25H32FN5OS/c1-3-32-24-28-22-5-4-11-27-23(22)31(24)21-6-12-30(13-7-21)19(2)25(26)9-14-29(15-10-25)17-20-8-16-33-18-20/h4-5,8,11,16,18,21H,2-3,6-7,9-10,12-15,17H2,1H3. The Labute approximate surface area is 198 Å². The SMILES string of the molecule is C=C(N1CCC(n2c(OCC)nc3cccnc32)CC1)C1(F)CCN(Cc2ccsc2)CC1. The van der Waals surface area contributed by atoms with Crippen LogP contribution in [-0.2, 0) is 6.54 Å². The fourth-order valence-corrected chi connectivity index (χ4v) is 5.80. The van der Waals surface area contributed by atoms with Crippen molar-refractivity contribution in [2.75, 3.05) is 32.8 Å². The molecule has 2 saturated heterocycles. The molecular formula is C25H32FN5OS. The van der Waals surface area contributed by atoms with E-state index in [0.717, 1.165) is 56.7 Å². The van der Waals surface area contributed by atoms with E-state index in [1.54, 1.807) is 17.5 Å². The van der Waals surface area contributed by atoms with Crippen LogP contribution < -0.4 is 4.74 Å². The van der Waals surface area contributed by atoms with Crippen LogP contribution >= 0.6 is 11.3 Å². The first-order chi connectivity index (χ1) is 16.1. The number of hydrogen-bond donors (Lipinski definition) is 0. The van der Waals surface area contributed by atoms with Crippen LogP contribution in [0.4, 0.5) is 4.39 Å². The molecule has 0 atom stereocenters. The lowest BCUT2D eigenvalue weighted by molar-refractivity contribution is 0.0519. The van der Waals surface area contributed by atoms with Gasteiger partial charge in [-0.2, -0.15) is 16.3 Å². The zero-order valence-electron chi connectivity index (χ0n) is 19.3. The lowest BCUT2D eigenvalue weighted by Gasteiger charge is -2.43. The first-order valence-electron chi connectivity index (χ1n) is 11.9. The Morgan fingerprint density at radius 1 is 1.24 bits per heavy atom. The van der Waals surface area contributed by atoms with Crippen molar-refractivity contribution in [1.82, 2.24) is 24.3 Å². The molecule has 2 aliphatic rings.